The average molecular weight is 476 g/mol. The van der Waals surface area contributed by atoms with Crippen LogP contribution in [-0.2, 0) is 21.5 Å². The van der Waals surface area contributed by atoms with Crippen LogP contribution < -0.4 is 15.1 Å². The first-order valence-electron chi connectivity index (χ1n) is 12.4. The lowest BCUT2D eigenvalue weighted by Crippen LogP contribution is -2.43. The molecule has 3 aliphatic heterocycles. The average Bonchev–Trinajstić information content (AvgIpc) is 3.07. The number of aromatic nitrogens is 1. The number of hydrogen-bond donors (Lipinski definition) is 1. The summed E-state index contributed by atoms with van der Waals surface area (Å²) in [6.45, 7) is 10.9. The van der Waals surface area contributed by atoms with Crippen molar-refractivity contribution in [2.75, 3.05) is 41.9 Å². The van der Waals surface area contributed by atoms with E-state index in [2.05, 4.69) is 42.2 Å². The van der Waals surface area contributed by atoms with Gasteiger partial charge >= 0.3 is 6.03 Å². The standard InChI is InChI=1S/C27H33N5O3/c1-26(2)15-30(5)21-11-17(6-7-20(21)26)32-24(33)27(3,4)31(25(32)34)12-16-8-9-28-22(10-16)29-23-18-13-35-14-19(18)23/h6-11,18-19,23H,12-15H2,1-5H3,(H,28,29)/t18-,19+,23?. The third-order valence-electron chi connectivity index (χ3n) is 8.27. The fourth-order valence-electron chi connectivity index (χ4n) is 6.10. The number of pyridine rings is 1. The van der Waals surface area contributed by atoms with E-state index in [1.165, 1.54) is 10.5 Å². The van der Waals surface area contributed by atoms with Crippen LogP contribution in [0.1, 0.15) is 38.8 Å². The number of fused-ring (bicyclic) bond motifs is 2. The zero-order chi connectivity index (χ0) is 24.7. The Bertz CT molecular complexity index is 1220. The van der Waals surface area contributed by atoms with Gasteiger partial charge in [0.25, 0.3) is 5.91 Å². The van der Waals surface area contributed by atoms with E-state index in [1.54, 1.807) is 11.1 Å². The van der Waals surface area contributed by atoms with Crippen LogP contribution in [0.15, 0.2) is 36.5 Å². The van der Waals surface area contributed by atoms with Gasteiger partial charge in [-0.1, -0.05) is 19.9 Å². The lowest BCUT2D eigenvalue weighted by atomic mass is 9.87. The van der Waals surface area contributed by atoms with Crippen LogP contribution in [-0.4, -0.2) is 60.2 Å². The summed E-state index contributed by atoms with van der Waals surface area (Å²) in [6.07, 6.45) is 1.76. The molecule has 35 heavy (non-hydrogen) atoms. The first-order valence-corrected chi connectivity index (χ1v) is 12.4. The minimum Gasteiger partial charge on any atom is -0.381 e. The maximum absolute atomic E-state index is 13.6. The molecule has 2 aromatic rings. The maximum atomic E-state index is 13.6. The first-order chi connectivity index (χ1) is 16.6. The second-order valence-electron chi connectivity index (χ2n) is 11.6. The third kappa shape index (κ3) is 3.41. The number of rotatable bonds is 5. The van der Waals surface area contributed by atoms with Crippen molar-refractivity contribution < 1.29 is 14.3 Å². The molecule has 0 spiro atoms. The number of anilines is 3. The van der Waals surface area contributed by atoms with E-state index < -0.39 is 5.54 Å². The Kier molecular flexibility index (Phi) is 4.75. The molecule has 1 aromatic heterocycles. The van der Waals surface area contributed by atoms with Crippen molar-refractivity contribution in [3.05, 3.63) is 47.7 Å². The lowest BCUT2D eigenvalue weighted by molar-refractivity contribution is -0.123. The fraction of sp³-hybridized carbons (Fsp3) is 0.519. The van der Waals surface area contributed by atoms with E-state index in [0.717, 1.165) is 36.8 Å². The molecule has 3 amide bonds. The maximum Gasteiger partial charge on any atom is 0.332 e. The number of urea groups is 1. The minimum atomic E-state index is -0.955. The number of benzene rings is 1. The number of nitrogens with zero attached hydrogens (tertiary/aromatic N) is 4. The van der Waals surface area contributed by atoms with Crippen molar-refractivity contribution in [2.45, 2.75) is 51.2 Å². The second kappa shape index (κ2) is 7.43. The molecular formula is C27H33N5O3. The Morgan fingerprint density at radius 2 is 1.83 bits per heavy atom. The number of hydrogen-bond acceptors (Lipinski definition) is 6. The van der Waals surface area contributed by atoms with Crippen LogP contribution in [0.2, 0.25) is 0 Å². The molecule has 1 aromatic carbocycles. The SMILES string of the molecule is CN1CC(C)(C)c2ccc(N3C(=O)N(Cc4ccnc(NC5[C@H]6COC[C@@H]56)c4)C(C)(C)C3=O)cc21. The van der Waals surface area contributed by atoms with E-state index >= 15 is 0 Å². The number of amides is 3. The van der Waals surface area contributed by atoms with Crippen molar-refractivity contribution in [1.82, 2.24) is 9.88 Å². The summed E-state index contributed by atoms with van der Waals surface area (Å²) >= 11 is 0. The molecular weight excluding hydrogens is 442 g/mol. The van der Waals surface area contributed by atoms with E-state index in [4.69, 9.17) is 4.74 Å². The summed E-state index contributed by atoms with van der Waals surface area (Å²) < 4.78 is 5.47. The van der Waals surface area contributed by atoms with Gasteiger partial charge in [-0.2, -0.15) is 0 Å². The molecule has 1 unspecified atom stereocenters. The highest BCUT2D eigenvalue weighted by Gasteiger charge is 2.54. The Hall–Kier alpha value is -3.13. The topological polar surface area (TPSA) is 78.0 Å². The highest BCUT2D eigenvalue weighted by atomic mass is 16.5. The Morgan fingerprint density at radius 1 is 1.09 bits per heavy atom. The highest BCUT2D eigenvalue weighted by Crippen LogP contribution is 2.46. The molecule has 0 radical (unpaired) electrons. The van der Waals surface area contributed by atoms with Gasteiger partial charge < -0.3 is 19.9 Å². The van der Waals surface area contributed by atoms with Crippen molar-refractivity contribution in [1.29, 1.82) is 0 Å². The zero-order valence-electron chi connectivity index (χ0n) is 21.0. The largest absolute Gasteiger partial charge is 0.381 e. The molecule has 3 atom stereocenters. The summed E-state index contributed by atoms with van der Waals surface area (Å²) in [5.74, 6) is 1.74. The van der Waals surface area contributed by atoms with Crippen LogP contribution >= 0.6 is 0 Å². The van der Waals surface area contributed by atoms with Gasteiger partial charge in [-0.3, -0.25) is 4.79 Å². The number of nitrogens with one attached hydrogen (secondary N) is 1. The molecule has 2 saturated heterocycles. The predicted octanol–water partition coefficient (Wildman–Crippen LogP) is 3.61. The Balaban J connectivity index is 1.24. The molecule has 1 aliphatic carbocycles. The normalized spacial score (nSPS) is 27.9. The van der Waals surface area contributed by atoms with Gasteiger partial charge in [-0.05, 0) is 49.2 Å². The molecule has 4 aliphatic rings. The van der Waals surface area contributed by atoms with E-state index in [1.807, 2.05) is 38.1 Å². The molecule has 4 heterocycles. The Labute approximate surface area is 206 Å². The van der Waals surface area contributed by atoms with Gasteiger partial charge in [0.1, 0.15) is 11.4 Å². The van der Waals surface area contributed by atoms with Gasteiger partial charge in [0, 0.05) is 55.3 Å². The second-order valence-corrected chi connectivity index (χ2v) is 11.6. The smallest absolute Gasteiger partial charge is 0.332 e. The van der Waals surface area contributed by atoms with E-state index in [9.17, 15) is 9.59 Å². The quantitative estimate of drug-likeness (QED) is 0.666. The molecule has 8 heteroatoms. The van der Waals surface area contributed by atoms with Crippen molar-refractivity contribution >= 4 is 29.1 Å². The zero-order valence-corrected chi connectivity index (χ0v) is 21.0. The third-order valence-corrected chi connectivity index (χ3v) is 8.27. The van der Waals surface area contributed by atoms with Crippen molar-refractivity contribution in [3.63, 3.8) is 0 Å². The highest BCUT2D eigenvalue weighted by molar-refractivity contribution is 6.23. The molecule has 0 bridgehead atoms. The number of carbonyl (C=O) groups is 2. The van der Waals surface area contributed by atoms with Gasteiger partial charge in [-0.25, -0.2) is 14.7 Å². The monoisotopic (exact) mass is 475 g/mol. The van der Waals surface area contributed by atoms with Gasteiger partial charge in [0.05, 0.1) is 18.9 Å². The van der Waals surface area contributed by atoms with Gasteiger partial charge in [-0.15, -0.1) is 0 Å². The molecule has 8 nitrogen and oxygen atoms in total. The van der Waals surface area contributed by atoms with E-state index in [0.29, 0.717) is 30.1 Å². The van der Waals surface area contributed by atoms with Crippen LogP contribution in [0.4, 0.5) is 22.0 Å². The summed E-state index contributed by atoms with van der Waals surface area (Å²) in [5.41, 5.74) is 2.95. The fourth-order valence-corrected chi connectivity index (χ4v) is 6.10. The summed E-state index contributed by atoms with van der Waals surface area (Å²) in [7, 11) is 2.05. The van der Waals surface area contributed by atoms with Crippen LogP contribution in [0.25, 0.3) is 0 Å². The molecule has 3 fully saturated rings. The first kappa shape index (κ1) is 22.3. The molecule has 184 valence electrons. The van der Waals surface area contributed by atoms with Crippen molar-refractivity contribution in [2.24, 2.45) is 11.8 Å². The summed E-state index contributed by atoms with van der Waals surface area (Å²) in [6, 6.07) is 9.95. The van der Waals surface area contributed by atoms with Crippen LogP contribution in [0.3, 0.4) is 0 Å². The number of likely N-dealkylation sites (N-methyl/N-ethyl adjacent to an activating group) is 1. The van der Waals surface area contributed by atoms with Crippen LogP contribution in [0.5, 0.6) is 0 Å². The van der Waals surface area contributed by atoms with Crippen molar-refractivity contribution in [3.8, 4) is 0 Å². The molecule has 1 N–H and O–H groups in total. The lowest BCUT2D eigenvalue weighted by Gasteiger charge is -2.27. The summed E-state index contributed by atoms with van der Waals surface area (Å²) in [4.78, 5) is 36.8. The molecule has 1 saturated carbocycles. The number of imide groups is 1. The number of ether oxygens (including phenoxy) is 1. The Morgan fingerprint density at radius 3 is 2.57 bits per heavy atom. The van der Waals surface area contributed by atoms with E-state index in [-0.39, 0.29) is 17.4 Å². The minimum absolute atomic E-state index is 0.0339. The number of carbonyl (C=O) groups excluding carboxylic acids is 2. The van der Waals surface area contributed by atoms with Gasteiger partial charge in [0.15, 0.2) is 0 Å². The molecule has 6 rings (SSSR count). The van der Waals surface area contributed by atoms with Gasteiger partial charge in [0.2, 0.25) is 0 Å². The predicted molar refractivity (Wildman–Crippen MR) is 135 cm³/mol. The van der Waals surface area contributed by atoms with Crippen LogP contribution in [0, 0.1) is 11.8 Å². The summed E-state index contributed by atoms with van der Waals surface area (Å²) in [5, 5.41) is 3.52.